The first-order valence-electron chi connectivity index (χ1n) is 11.4. The van der Waals surface area contributed by atoms with Crippen LogP contribution in [0.2, 0.25) is 5.02 Å². The maximum atomic E-state index is 12.8. The van der Waals surface area contributed by atoms with Gasteiger partial charge < -0.3 is 9.84 Å². The fourth-order valence-electron chi connectivity index (χ4n) is 4.08. The zero-order valence-corrected chi connectivity index (χ0v) is 20.4. The molecule has 1 aliphatic heterocycles. The molecule has 33 heavy (non-hydrogen) atoms. The van der Waals surface area contributed by atoms with Crippen LogP contribution in [-0.2, 0) is 16.8 Å². The molecule has 1 amide bonds. The number of likely N-dealkylation sites (tertiary alicyclic amines) is 1. The molecular formula is C26H31ClN4O2. The SMILES string of the molecule is Cc1ccc(NC(=O)C2CCCN(Cc3nc(-c4ccc(C(C)(C)C)cc4)no3)C2)cc1Cl. The first-order valence-corrected chi connectivity index (χ1v) is 11.8. The number of carbonyl (C=O) groups excluding carboxylic acids is 1. The highest BCUT2D eigenvalue weighted by Crippen LogP contribution is 2.26. The summed E-state index contributed by atoms with van der Waals surface area (Å²) < 4.78 is 5.52. The molecule has 1 aliphatic rings. The molecule has 2 heterocycles. The number of hydrogen-bond donors (Lipinski definition) is 1. The maximum absolute atomic E-state index is 12.8. The number of piperidine rings is 1. The number of anilines is 1. The van der Waals surface area contributed by atoms with Crippen LogP contribution in [0.25, 0.3) is 11.4 Å². The second kappa shape index (κ2) is 9.65. The molecule has 0 spiro atoms. The number of aromatic nitrogens is 2. The van der Waals surface area contributed by atoms with Crippen LogP contribution < -0.4 is 5.32 Å². The van der Waals surface area contributed by atoms with Gasteiger partial charge in [0.25, 0.3) is 0 Å². The topological polar surface area (TPSA) is 71.3 Å². The summed E-state index contributed by atoms with van der Waals surface area (Å²) in [6.45, 7) is 10.6. The molecule has 4 rings (SSSR count). The highest BCUT2D eigenvalue weighted by molar-refractivity contribution is 6.31. The van der Waals surface area contributed by atoms with Gasteiger partial charge in [-0.25, -0.2) is 0 Å². The van der Waals surface area contributed by atoms with Crippen molar-refractivity contribution in [2.24, 2.45) is 5.92 Å². The lowest BCUT2D eigenvalue weighted by Gasteiger charge is -2.30. The molecule has 1 aromatic heterocycles. The summed E-state index contributed by atoms with van der Waals surface area (Å²) in [6.07, 6.45) is 1.80. The van der Waals surface area contributed by atoms with Crippen molar-refractivity contribution in [3.05, 3.63) is 64.5 Å². The van der Waals surface area contributed by atoms with Gasteiger partial charge in [-0.2, -0.15) is 4.98 Å². The molecule has 0 radical (unpaired) electrons. The largest absolute Gasteiger partial charge is 0.338 e. The molecule has 3 aromatic rings. The molecule has 7 heteroatoms. The van der Waals surface area contributed by atoms with Crippen molar-refractivity contribution in [2.75, 3.05) is 18.4 Å². The van der Waals surface area contributed by atoms with E-state index in [2.05, 4.69) is 53.3 Å². The number of nitrogens with zero attached hydrogens (tertiary/aromatic N) is 3. The Morgan fingerprint density at radius 2 is 1.97 bits per heavy atom. The average molecular weight is 467 g/mol. The number of rotatable bonds is 5. The van der Waals surface area contributed by atoms with E-state index in [1.165, 1.54) is 5.56 Å². The Morgan fingerprint density at radius 3 is 2.67 bits per heavy atom. The van der Waals surface area contributed by atoms with Crippen LogP contribution in [0.15, 0.2) is 47.0 Å². The van der Waals surface area contributed by atoms with Gasteiger partial charge in [0.15, 0.2) is 0 Å². The van der Waals surface area contributed by atoms with Gasteiger partial charge >= 0.3 is 0 Å². The van der Waals surface area contributed by atoms with Gasteiger partial charge in [0.05, 0.1) is 12.5 Å². The van der Waals surface area contributed by atoms with E-state index in [9.17, 15) is 4.79 Å². The summed E-state index contributed by atoms with van der Waals surface area (Å²) in [4.78, 5) is 19.6. The van der Waals surface area contributed by atoms with Gasteiger partial charge in [-0.1, -0.05) is 67.9 Å². The van der Waals surface area contributed by atoms with E-state index in [0.717, 1.165) is 36.2 Å². The van der Waals surface area contributed by atoms with Crippen molar-refractivity contribution in [3.63, 3.8) is 0 Å². The zero-order chi connectivity index (χ0) is 23.6. The Balaban J connectivity index is 1.36. The molecule has 6 nitrogen and oxygen atoms in total. The second-order valence-electron chi connectivity index (χ2n) is 9.87. The monoisotopic (exact) mass is 466 g/mol. The van der Waals surface area contributed by atoms with Gasteiger partial charge in [-0.05, 0) is 55.0 Å². The third-order valence-electron chi connectivity index (χ3n) is 6.15. The predicted molar refractivity (Wildman–Crippen MR) is 131 cm³/mol. The number of benzene rings is 2. The summed E-state index contributed by atoms with van der Waals surface area (Å²) in [5.74, 6) is 1.08. The minimum Gasteiger partial charge on any atom is -0.338 e. The Kier molecular flexibility index (Phi) is 6.86. The number of aryl methyl sites for hydroxylation is 1. The van der Waals surface area contributed by atoms with E-state index in [1.807, 2.05) is 31.2 Å². The highest BCUT2D eigenvalue weighted by atomic mass is 35.5. The lowest BCUT2D eigenvalue weighted by molar-refractivity contribution is -0.121. The first-order chi connectivity index (χ1) is 15.7. The minimum absolute atomic E-state index is 0.0183. The molecule has 0 saturated carbocycles. The van der Waals surface area contributed by atoms with Gasteiger partial charge in [-0.3, -0.25) is 9.69 Å². The van der Waals surface area contributed by atoms with E-state index in [4.69, 9.17) is 16.1 Å². The Labute approximate surface area is 200 Å². The second-order valence-corrected chi connectivity index (χ2v) is 10.3. The van der Waals surface area contributed by atoms with E-state index in [1.54, 1.807) is 6.07 Å². The summed E-state index contributed by atoms with van der Waals surface area (Å²) >= 11 is 6.19. The van der Waals surface area contributed by atoms with Gasteiger partial charge in [0.1, 0.15) is 0 Å². The van der Waals surface area contributed by atoms with Crippen molar-refractivity contribution in [2.45, 2.75) is 52.5 Å². The summed E-state index contributed by atoms with van der Waals surface area (Å²) in [5, 5.41) is 7.82. The molecule has 174 valence electrons. The molecule has 1 N–H and O–H groups in total. The van der Waals surface area contributed by atoms with Crippen LogP contribution in [0.3, 0.4) is 0 Å². The van der Waals surface area contributed by atoms with Gasteiger partial charge in [-0.15, -0.1) is 0 Å². The molecule has 1 saturated heterocycles. The maximum Gasteiger partial charge on any atom is 0.241 e. The summed E-state index contributed by atoms with van der Waals surface area (Å²) in [6, 6.07) is 13.9. The molecule has 1 unspecified atom stereocenters. The van der Waals surface area contributed by atoms with Crippen molar-refractivity contribution in [1.29, 1.82) is 0 Å². The van der Waals surface area contributed by atoms with Crippen LogP contribution in [0.4, 0.5) is 5.69 Å². The molecule has 2 aromatic carbocycles. The van der Waals surface area contributed by atoms with Crippen molar-refractivity contribution in [1.82, 2.24) is 15.0 Å². The van der Waals surface area contributed by atoms with E-state index >= 15 is 0 Å². The van der Waals surface area contributed by atoms with E-state index in [0.29, 0.717) is 29.8 Å². The third-order valence-corrected chi connectivity index (χ3v) is 6.56. The number of carbonyl (C=O) groups is 1. The fraction of sp³-hybridized carbons (Fsp3) is 0.423. The van der Waals surface area contributed by atoms with Gasteiger partial charge in [0.2, 0.25) is 17.6 Å². The number of amides is 1. The highest BCUT2D eigenvalue weighted by Gasteiger charge is 2.27. The van der Waals surface area contributed by atoms with Crippen LogP contribution in [0, 0.1) is 12.8 Å². The lowest BCUT2D eigenvalue weighted by Crippen LogP contribution is -2.40. The average Bonchev–Trinajstić information content (AvgIpc) is 3.24. The van der Waals surface area contributed by atoms with Gasteiger partial charge in [0, 0.05) is 22.8 Å². The number of nitrogens with one attached hydrogen (secondary N) is 1. The smallest absolute Gasteiger partial charge is 0.241 e. The normalized spacial score (nSPS) is 17.2. The molecule has 0 bridgehead atoms. The first kappa shape index (κ1) is 23.5. The van der Waals surface area contributed by atoms with E-state index < -0.39 is 0 Å². The minimum atomic E-state index is -0.0915. The van der Waals surface area contributed by atoms with Crippen molar-refractivity contribution >= 4 is 23.2 Å². The van der Waals surface area contributed by atoms with Crippen LogP contribution in [0.5, 0.6) is 0 Å². The Bertz CT molecular complexity index is 1120. The standard InChI is InChI=1S/C26H31ClN4O2/c1-17-7-12-21(14-22(17)27)28-25(32)19-6-5-13-31(15-19)16-23-29-24(30-33-23)18-8-10-20(11-9-18)26(2,3)4/h7-12,14,19H,5-6,13,15-16H2,1-4H3,(H,28,32). The number of hydrogen-bond acceptors (Lipinski definition) is 5. The van der Waals surface area contributed by atoms with E-state index in [-0.39, 0.29) is 17.2 Å². The quantitative estimate of drug-likeness (QED) is 0.511. The Hall–Kier alpha value is -2.70. The lowest BCUT2D eigenvalue weighted by atomic mass is 9.87. The van der Waals surface area contributed by atoms with Crippen LogP contribution >= 0.6 is 11.6 Å². The Morgan fingerprint density at radius 1 is 1.21 bits per heavy atom. The molecule has 1 fully saturated rings. The molecule has 1 atom stereocenters. The predicted octanol–water partition coefficient (Wildman–Crippen LogP) is 5.85. The summed E-state index contributed by atoms with van der Waals surface area (Å²) in [7, 11) is 0. The fourth-order valence-corrected chi connectivity index (χ4v) is 4.26. The van der Waals surface area contributed by atoms with Crippen molar-refractivity contribution < 1.29 is 9.32 Å². The number of halogens is 1. The summed E-state index contributed by atoms with van der Waals surface area (Å²) in [5.41, 5.74) is 4.02. The molecular weight excluding hydrogens is 436 g/mol. The van der Waals surface area contributed by atoms with Crippen LogP contribution in [-0.4, -0.2) is 34.0 Å². The molecule has 0 aliphatic carbocycles. The third kappa shape index (κ3) is 5.81. The van der Waals surface area contributed by atoms with Crippen molar-refractivity contribution in [3.8, 4) is 11.4 Å². The zero-order valence-electron chi connectivity index (χ0n) is 19.7. The van der Waals surface area contributed by atoms with Crippen LogP contribution in [0.1, 0.15) is 50.6 Å².